The summed E-state index contributed by atoms with van der Waals surface area (Å²) in [4.78, 5) is 33.8. The first-order valence-corrected chi connectivity index (χ1v) is 11.9. The highest BCUT2D eigenvalue weighted by Crippen LogP contribution is 1.95. The zero-order valence-corrected chi connectivity index (χ0v) is 18.8. The van der Waals surface area contributed by atoms with Gasteiger partial charge in [0.2, 0.25) is 5.91 Å². The molecule has 0 aliphatic rings. The zero-order chi connectivity index (χ0) is 22.7. The first-order chi connectivity index (χ1) is 14.3. The average molecular weight is 454 g/mol. The number of rotatable bonds is 21. The maximum Gasteiger partial charge on any atom is 0.221 e. The second-order valence-corrected chi connectivity index (χ2v) is 8.98. The molecular formula is C19H35NO9S. The van der Waals surface area contributed by atoms with Gasteiger partial charge >= 0.3 is 0 Å². The van der Waals surface area contributed by atoms with E-state index in [9.17, 15) is 22.8 Å². The molecule has 0 aromatic carbocycles. The Bertz CT molecular complexity index is 593. The molecular weight excluding hydrogens is 418 g/mol. The molecule has 0 heterocycles. The molecule has 0 aromatic rings. The fourth-order valence-corrected chi connectivity index (χ4v) is 2.81. The fourth-order valence-electron chi connectivity index (χ4n) is 2.03. The van der Waals surface area contributed by atoms with Crippen LogP contribution in [-0.2, 0) is 43.2 Å². The van der Waals surface area contributed by atoms with Crippen LogP contribution in [0, 0.1) is 0 Å². The van der Waals surface area contributed by atoms with Gasteiger partial charge in [-0.1, -0.05) is 6.92 Å². The Balaban J connectivity index is 3.39. The highest BCUT2D eigenvalue weighted by Gasteiger charge is 2.10. The molecule has 0 rings (SSSR count). The van der Waals surface area contributed by atoms with E-state index < -0.39 is 9.84 Å². The molecule has 0 atom stereocenters. The van der Waals surface area contributed by atoms with Crippen LogP contribution < -0.4 is 5.32 Å². The molecule has 0 aliphatic heterocycles. The maximum absolute atomic E-state index is 11.6. The summed E-state index contributed by atoms with van der Waals surface area (Å²) in [5.41, 5.74) is 0. The average Bonchev–Trinajstić information content (AvgIpc) is 2.70. The lowest BCUT2D eigenvalue weighted by Crippen LogP contribution is -2.29. The van der Waals surface area contributed by atoms with E-state index in [2.05, 4.69) is 5.32 Å². The topological polar surface area (TPSA) is 134 Å². The van der Waals surface area contributed by atoms with Crippen LogP contribution in [0.1, 0.15) is 33.1 Å². The number of hydrogen-bond donors (Lipinski definition) is 1. The molecule has 0 bridgehead atoms. The van der Waals surface area contributed by atoms with Gasteiger partial charge < -0.3 is 24.3 Å². The predicted molar refractivity (Wildman–Crippen MR) is 110 cm³/mol. The molecule has 0 spiro atoms. The quantitative estimate of drug-likeness (QED) is 0.237. The van der Waals surface area contributed by atoms with E-state index in [1.165, 1.54) is 6.92 Å². The van der Waals surface area contributed by atoms with Crippen molar-refractivity contribution in [2.45, 2.75) is 33.1 Å². The molecule has 0 saturated carbocycles. The number of carbonyl (C=O) groups is 3. The van der Waals surface area contributed by atoms with Gasteiger partial charge in [0, 0.05) is 31.7 Å². The Kier molecular flexibility index (Phi) is 17.5. The van der Waals surface area contributed by atoms with Crippen molar-refractivity contribution in [1.29, 1.82) is 0 Å². The molecule has 176 valence electrons. The van der Waals surface area contributed by atoms with E-state index in [1.807, 2.05) is 0 Å². The van der Waals surface area contributed by atoms with Crippen molar-refractivity contribution in [2.24, 2.45) is 0 Å². The van der Waals surface area contributed by atoms with Crippen LogP contribution in [-0.4, -0.2) is 96.8 Å². The minimum atomic E-state index is -3.14. The zero-order valence-electron chi connectivity index (χ0n) is 18.0. The summed E-state index contributed by atoms with van der Waals surface area (Å²) in [7, 11) is -3.14. The molecule has 0 aliphatic carbocycles. The molecule has 1 amide bonds. The summed E-state index contributed by atoms with van der Waals surface area (Å²) < 4.78 is 43.4. The Labute approximate surface area is 178 Å². The summed E-state index contributed by atoms with van der Waals surface area (Å²) in [6.07, 6.45) is 0.889. The minimum absolute atomic E-state index is 0.00766. The number of hydrogen-bond acceptors (Lipinski definition) is 9. The lowest BCUT2D eigenvalue weighted by Gasteiger charge is -2.07. The molecule has 0 radical (unpaired) electrons. The van der Waals surface area contributed by atoms with E-state index in [1.54, 1.807) is 6.92 Å². The van der Waals surface area contributed by atoms with Gasteiger partial charge in [0.05, 0.1) is 38.8 Å². The monoisotopic (exact) mass is 453 g/mol. The van der Waals surface area contributed by atoms with Crippen LogP contribution in [0.2, 0.25) is 0 Å². The van der Waals surface area contributed by atoms with Gasteiger partial charge in [-0.05, 0) is 13.3 Å². The number of amides is 1. The van der Waals surface area contributed by atoms with Crippen molar-refractivity contribution >= 4 is 27.3 Å². The fraction of sp³-hybridized carbons (Fsp3) is 0.842. The van der Waals surface area contributed by atoms with Crippen molar-refractivity contribution in [3.63, 3.8) is 0 Å². The van der Waals surface area contributed by atoms with Gasteiger partial charge in [-0.3, -0.25) is 14.4 Å². The number of ether oxygens (including phenoxy) is 4. The van der Waals surface area contributed by atoms with Gasteiger partial charge in [0.25, 0.3) is 0 Å². The van der Waals surface area contributed by atoms with Crippen LogP contribution in [0.5, 0.6) is 0 Å². The van der Waals surface area contributed by atoms with Crippen LogP contribution in [0.3, 0.4) is 0 Å². The summed E-state index contributed by atoms with van der Waals surface area (Å²) >= 11 is 0. The Morgan fingerprint density at radius 1 is 0.800 bits per heavy atom. The minimum Gasteiger partial charge on any atom is -0.379 e. The van der Waals surface area contributed by atoms with Crippen molar-refractivity contribution in [2.75, 3.05) is 70.9 Å². The second-order valence-electron chi connectivity index (χ2n) is 6.51. The number of carbonyl (C=O) groups excluding carboxylic acids is 3. The third kappa shape index (κ3) is 19.9. The summed E-state index contributed by atoms with van der Waals surface area (Å²) in [5, 5.41) is 2.58. The molecule has 30 heavy (non-hydrogen) atoms. The number of Topliss-reactive ketones (excluding diaryl/α,β-unsaturated/α-hetero) is 2. The van der Waals surface area contributed by atoms with Gasteiger partial charge in [0.1, 0.15) is 13.2 Å². The van der Waals surface area contributed by atoms with Crippen molar-refractivity contribution in [3.05, 3.63) is 0 Å². The van der Waals surface area contributed by atoms with Gasteiger partial charge in [-0.2, -0.15) is 0 Å². The first-order valence-electron chi connectivity index (χ1n) is 10.1. The highest BCUT2D eigenvalue weighted by molar-refractivity contribution is 7.91. The number of sulfone groups is 1. The van der Waals surface area contributed by atoms with Crippen LogP contribution in [0.25, 0.3) is 0 Å². The Morgan fingerprint density at radius 2 is 1.40 bits per heavy atom. The maximum atomic E-state index is 11.6. The second kappa shape index (κ2) is 18.4. The summed E-state index contributed by atoms with van der Waals surface area (Å²) in [5.74, 6) is -0.515. The smallest absolute Gasteiger partial charge is 0.221 e. The van der Waals surface area contributed by atoms with Crippen molar-refractivity contribution in [3.8, 4) is 0 Å². The first kappa shape index (κ1) is 28.6. The Hall–Kier alpha value is -1.40. The highest BCUT2D eigenvalue weighted by atomic mass is 32.2. The largest absolute Gasteiger partial charge is 0.379 e. The van der Waals surface area contributed by atoms with Gasteiger partial charge in [0.15, 0.2) is 21.4 Å². The van der Waals surface area contributed by atoms with Gasteiger partial charge in [-0.25, -0.2) is 8.42 Å². The standard InChI is InChI=1S/C19H35NO9S/c1-3-30(24,25)14-6-19(23)20-7-9-27-11-13-29-16-18(22)5-4-8-26-10-12-28-15-17(2)21/h3-16H2,1-2H3,(H,20,23). The molecule has 0 unspecified atom stereocenters. The summed E-state index contributed by atoms with van der Waals surface area (Å²) in [6.45, 7) is 5.37. The number of nitrogens with one attached hydrogen (secondary N) is 1. The van der Waals surface area contributed by atoms with Crippen LogP contribution in [0.15, 0.2) is 0 Å². The predicted octanol–water partition coefficient (Wildman–Crippen LogP) is -0.0679. The lowest BCUT2D eigenvalue weighted by molar-refractivity contribution is -0.125. The SMILES string of the molecule is CCS(=O)(=O)CCC(=O)NCCOCCOCC(=O)CCCOCCOCC(C)=O. The molecule has 10 nitrogen and oxygen atoms in total. The van der Waals surface area contributed by atoms with E-state index in [0.717, 1.165) is 0 Å². The van der Waals surface area contributed by atoms with Crippen molar-refractivity contribution < 1.29 is 41.7 Å². The van der Waals surface area contributed by atoms with Gasteiger partial charge in [-0.15, -0.1) is 0 Å². The molecule has 0 fully saturated rings. The van der Waals surface area contributed by atoms with E-state index >= 15 is 0 Å². The molecule has 0 aromatic heterocycles. The van der Waals surface area contributed by atoms with E-state index in [0.29, 0.717) is 32.7 Å². The molecule has 0 saturated heterocycles. The van der Waals surface area contributed by atoms with Crippen LogP contribution in [0.4, 0.5) is 0 Å². The van der Waals surface area contributed by atoms with Crippen molar-refractivity contribution in [1.82, 2.24) is 5.32 Å². The third-order valence-electron chi connectivity index (χ3n) is 3.71. The van der Waals surface area contributed by atoms with E-state index in [4.69, 9.17) is 18.9 Å². The van der Waals surface area contributed by atoms with Crippen LogP contribution >= 0.6 is 0 Å². The number of ketones is 2. The molecule has 1 N–H and O–H groups in total. The molecule has 11 heteroatoms. The lowest BCUT2D eigenvalue weighted by atomic mass is 10.2. The van der Waals surface area contributed by atoms with E-state index in [-0.39, 0.29) is 75.0 Å². The Morgan fingerprint density at radius 3 is 2.03 bits per heavy atom. The summed E-state index contributed by atoms with van der Waals surface area (Å²) in [6, 6.07) is 0. The normalized spacial score (nSPS) is 11.4. The third-order valence-corrected chi connectivity index (χ3v) is 5.41.